The minimum absolute atomic E-state index is 0.0725. The predicted molar refractivity (Wildman–Crippen MR) is 176 cm³/mol. The summed E-state index contributed by atoms with van der Waals surface area (Å²) in [6, 6.07) is 12.0. The van der Waals surface area contributed by atoms with E-state index in [1.165, 1.54) is 0 Å². The summed E-state index contributed by atoms with van der Waals surface area (Å²) in [5, 5.41) is 18.0. The lowest BCUT2D eigenvalue weighted by Gasteiger charge is -2.38. The first-order valence-corrected chi connectivity index (χ1v) is 15.4. The van der Waals surface area contributed by atoms with Gasteiger partial charge in [-0.3, -0.25) is 19.7 Å². The molecule has 2 aromatic carbocycles. The molecule has 13 heteroatoms. The third-order valence-electron chi connectivity index (χ3n) is 9.00. The Hall–Kier alpha value is -4.71. The maximum atomic E-state index is 12.4. The van der Waals surface area contributed by atoms with E-state index < -0.39 is 11.8 Å². The average Bonchev–Trinajstić information content (AvgIpc) is 3.33. The molecule has 0 radical (unpaired) electrons. The number of fused-ring (bicyclic) bond motifs is 1. The van der Waals surface area contributed by atoms with Crippen molar-refractivity contribution in [3.05, 3.63) is 58.7 Å². The second kappa shape index (κ2) is 12.4. The molecule has 0 spiro atoms. The number of piperidine rings is 2. The summed E-state index contributed by atoms with van der Waals surface area (Å²) in [7, 11) is 5.66. The molecule has 4 heterocycles. The van der Waals surface area contributed by atoms with Crippen LogP contribution in [0.5, 0.6) is 0 Å². The minimum Gasteiger partial charge on any atom is -0.388 e. The first-order chi connectivity index (χ1) is 21.6. The van der Waals surface area contributed by atoms with E-state index in [1.807, 2.05) is 36.4 Å². The number of amides is 3. The molecule has 1 atom stereocenters. The van der Waals surface area contributed by atoms with Crippen molar-refractivity contribution >= 4 is 69.5 Å². The number of anilines is 6. The largest absolute Gasteiger partial charge is 0.388 e. The molecule has 1 unspecified atom stereocenters. The minimum atomic E-state index is -0.644. The Bertz CT molecular complexity index is 1690. The highest BCUT2D eigenvalue weighted by molar-refractivity contribution is 6.33. The molecule has 3 amide bonds. The Kier molecular flexibility index (Phi) is 8.32. The van der Waals surface area contributed by atoms with Gasteiger partial charge in [0.1, 0.15) is 5.02 Å². The third kappa shape index (κ3) is 6.02. The molecular formula is C32H36ClN9O3. The number of rotatable bonds is 8. The van der Waals surface area contributed by atoms with Gasteiger partial charge in [0.05, 0.1) is 24.2 Å². The van der Waals surface area contributed by atoms with E-state index >= 15 is 0 Å². The maximum Gasteiger partial charge on any atom is 0.235 e. The number of imide groups is 1. The number of nitrogens with zero attached hydrogens (tertiary/aromatic N) is 5. The highest BCUT2D eigenvalue weighted by Crippen LogP contribution is 2.34. The number of hydrogen-bond acceptors (Lipinski definition) is 10. The highest BCUT2D eigenvalue weighted by Gasteiger charge is 2.32. The molecule has 45 heavy (non-hydrogen) atoms. The molecule has 3 aliphatic rings. The van der Waals surface area contributed by atoms with Crippen LogP contribution in [0.1, 0.15) is 36.8 Å². The molecule has 2 fully saturated rings. The van der Waals surface area contributed by atoms with E-state index in [0.717, 1.165) is 54.2 Å². The van der Waals surface area contributed by atoms with Gasteiger partial charge in [-0.15, -0.1) is 0 Å². The number of benzene rings is 2. The van der Waals surface area contributed by atoms with Crippen LogP contribution in [0.25, 0.3) is 0 Å². The highest BCUT2D eigenvalue weighted by atomic mass is 35.5. The van der Waals surface area contributed by atoms with Crippen molar-refractivity contribution in [1.29, 1.82) is 5.41 Å². The Morgan fingerprint density at radius 3 is 2.62 bits per heavy atom. The second-order valence-electron chi connectivity index (χ2n) is 11.7. The number of likely N-dealkylation sites (N-methyl/N-ethyl adjacent to an activating group) is 1. The molecule has 2 saturated heterocycles. The summed E-state index contributed by atoms with van der Waals surface area (Å²) in [5.41, 5.74) is 5.33. The quantitative estimate of drug-likeness (QED) is 0.215. The maximum absolute atomic E-state index is 12.4. The zero-order valence-electron chi connectivity index (χ0n) is 25.5. The zero-order chi connectivity index (χ0) is 31.8. The molecule has 3 aliphatic heterocycles. The van der Waals surface area contributed by atoms with Gasteiger partial charge in [0.15, 0.2) is 5.82 Å². The molecule has 0 saturated carbocycles. The van der Waals surface area contributed by atoms with E-state index in [9.17, 15) is 14.4 Å². The average molecular weight is 630 g/mol. The van der Waals surface area contributed by atoms with Crippen LogP contribution in [0.3, 0.4) is 0 Å². The summed E-state index contributed by atoms with van der Waals surface area (Å²) < 4.78 is 0. The lowest BCUT2D eigenvalue weighted by Crippen LogP contribution is -2.44. The van der Waals surface area contributed by atoms with Crippen molar-refractivity contribution in [3.63, 3.8) is 0 Å². The van der Waals surface area contributed by atoms with Gasteiger partial charge in [0.25, 0.3) is 0 Å². The van der Waals surface area contributed by atoms with Crippen LogP contribution in [0, 0.1) is 11.3 Å². The normalized spacial score (nSPS) is 18.5. The Morgan fingerprint density at radius 2 is 1.89 bits per heavy atom. The predicted octanol–water partition coefficient (Wildman–Crippen LogP) is 3.96. The summed E-state index contributed by atoms with van der Waals surface area (Å²) in [5.74, 6) is -0.150. The van der Waals surface area contributed by atoms with Crippen LogP contribution in [-0.2, 0) is 20.8 Å². The summed E-state index contributed by atoms with van der Waals surface area (Å²) in [4.78, 5) is 51.4. The van der Waals surface area contributed by atoms with Gasteiger partial charge in [-0.05, 0) is 61.2 Å². The fourth-order valence-electron chi connectivity index (χ4n) is 6.30. The van der Waals surface area contributed by atoms with Crippen molar-refractivity contribution in [3.8, 4) is 0 Å². The summed E-state index contributed by atoms with van der Waals surface area (Å²) in [6.45, 7) is 1.53. The van der Waals surface area contributed by atoms with Crippen molar-refractivity contribution in [2.45, 2.75) is 38.1 Å². The summed E-state index contributed by atoms with van der Waals surface area (Å²) in [6.07, 6.45) is 4.35. The molecule has 234 valence electrons. The van der Waals surface area contributed by atoms with Crippen LogP contribution >= 0.6 is 11.6 Å². The molecule has 4 N–H and O–H groups in total. The van der Waals surface area contributed by atoms with Crippen molar-refractivity contribution in [2.75, 3.05) is 59.6 Å². The van der Waals surface area contributed by atoms with E-state index in [1.54, 1.807) is 25.2 Å². The van der Waals surface area contributed by atoms with E-state index in [2.05, 4.69) is 37.8 Å². The molecule has 3 aromatic rings. The van der Waals surface area contributed by atoms with Gasteiger partial charge in [0.2, 0.25) is 23.7 Å². The van der Waals surface area contributed by atoms with Crippen LogP contribution in [0.15, 0.2) is 42.6 Å². The first kappa shape index (κ1) is 30.3. The zero-order valence-corrected chi connectivity index (χ0v) is 26.2. The number of nitrogens with one attached hydrogen (secondary N) is 4. The standard InChI is InChI=1S/C32H36ClN9O3/c1-35-25-16-21(5-6-22(25)29(34)23-7-9-27(43)38-31(23)45)40(2)20-10-12-42(13-11-20)32-36-17-24(33)30(39-32)37-19-4-8-26-18(14-19)15-28(44)41(26)3/h4-6,8,14,16-17,20,23,34-35H,7,9-13,15H2,1-3H3,(H,36,37,39)(H,38,43,45). The van der Waals surface area contributed by atoms with Crippen LogP contribution in [0.4, 0.5) is 34.5 Å². The van der Waals surface area contributed by atoms with Crippen LogP contribution < -0.4 is 30.7 Å². The summed E-state index contributed by atoms with van der Waals surface area (Å²) >= 11 is 6.47. The van der Waals surface area contributed by atoms with Gasteiger partial charge in [-0.1, -0.05) is 11.6 Å². The van der Waals surface area contributed by atoms with Crippen molar-refractivity contribution < 1.29 is 14.4 Å². The lowest BCUT2D eigenvalue weighted by molar-refractivity contribution is -0.134. The van der Waals surface area contributed by atoms with Gasteiger partial charge in [0, 0.05) is 75.0 Å². The third-order valence-corrected chi connectivity index (χ3v) is 9.28. The fraction of sp³-hybridized carbons (Fsp3) is 0.375. The van der Waals surface area contributed by atoms with Crippen molar-refractivity contribution in [2.24, 2.45) is 5.92 Å². The van der Waals surface area contributed by atoms with Gasteiger partial charge < -0.3 is 30.7 Å². The number of halogens is 1. The van der Waals surface area contributed by atoms with Crippen LogP contribution in [0.2, 0.25) is 5.02 Å². The van der Waals surface area contributed by atoms with E-state index in [4.69, 9.17) is 22.0 Å². The topological polar surface area (TPSA) is 147 Å². The SMILES string of the molecule is CNc1cc(N(C)C2CCN(c3ncc(Cl)c(Nc4ccc5c(c4)CC(=O)N5C)n3)CC2)ccc1C(=N)C1CCC(=O)NC1=O. The van der Waals surface area contributed by atoms with E-state index in [-0.39, 0.29) is 30.0 Å². The number of aromatic nitrogens is 2. The monoisotopic (exact) mass is 629 g/mol. The Labute approximate surface area is 266 Å². The molecule has 12 nitrogen and oxygen atoms in total. The van der Waals surface area contributed by atoms with Gasteiger partial charge in [-0.2, -0.15) is 4.98 Å². The van der Waals surface area contributed by atoms with Crippen LogP contribution in [-0.4, -0.2) is 73.7 Å². The number of carbonyl (C=O) groups excluding carboxylic acids is 3. The second-order valence-corrected chi connectivity index (χ2v) is 12.1. The first-order valence-electron chi connectivity index (χ1n) is 15.0. The molecule has 0 aliphatic carbocycles. The smallest absolute Gasteiger partial charge is 0.235 e. The molecular weight excluding hydrogens is 594 g/mol. The van der Waals surface area contributed by atoms with Crippen molar-refractivity contribution in [1.82, 2.24) is 15.3 Å². The lowest BCUT2D eigenvalue weighted by atomic mass is 9.88. The molecule has 0 bridgehead atoms. The number of carbonyl (C=O) groups is 3. The fourth-order valence-corrected chi connectivity index (χ4v) is 6.43. The van der Waals surface area contributed by atoms with Gasteiger partial charge in [-0.25, -0.2) is 4.98 Å². The Balaban J connectivity index is 1.10. The molecule has 1 aromatic heterocycles. The number of hydrogen-bond donors (Lipinski definition) is 4. The van der Waals surface area contributed by atoms with Gasteiger partial charge >= 0.3 is 0 Å². The molecule has 6 rings (SSSR count). The Morgan fingerprint density at radius 1 is 1.11 bits per heavy atom. The van der Waals surface area contributed by atoms with E-state index in [0.29, 0.717) is 35.2 Å².